The smallest absolute Gasteiger partial charge is 0.285 e. The van der Waals surface area contributed by atoms with E-state index < -0.39 is 5.56 Å². The van der Waals surface area contributed by atoms with E-state index in [1.807, 2.05) is 35.7 Å². The molecule has 0 bridgehead atoms. The summed E-state index contributed by atoms with van der Waals surface area (Å²) in [6, 6.07) is 10.1. The summed E-state index contributed by atoms with van der Waals surface area (Å²) in [7, 11) is 0. The van der Waals surface area contributed by atoms with E-state index >= 15 is 0 Å². The first-order valence-electron chi connectivity index (χ1n) is 6.71. The van der Waals surface area contributed by atoms with Gasteiger partial charge in [0.15, 0.2) is 0 Å². The molecule has 112 valence electrons. The molecule has 3 rings (SSSR count). The molecule has 0 saturated heterocycles. The van der Waals surface area contributed by atoms with E-state index in [0.29, 0.717) is 12.2 Å². The average Bonchev–Trinajstić information content (AvgIpc) is 3.01. The number of anilines is 1. The summed E-state index contributed by atoms with van der Waals surface area (Å²) in [6.45, 7) is 0.628. The molecular weight excluding hydrogens is 320 g/mol. The molecular formula is C15H13ClN4OS. The van der Waals surface area contributed by atoms with E-state index in [0.717, 1.165) is 22.7 Å². The molecule has 0 unspecified atom stereocenters. The Hall–Kier alpha value is -2.18. The number of nitrogens with one attached hydrogen (secondary N) is 2. The molecule has 0 aliphatic rings. The van der Waals surface area contributed by atoms with Crippen LogP contribution in [0, 0.1) is 0 Å². The molecule has 5 nitrogen and oxygen atoms in total. The Morgan fingerprint density at radius 1 is 1.27 bits per heavy atom. The van der Waals surface area contributed by atoms with Crippen LogP contribution in [0.3, 0.4) is 0 Å². The lowest BCUT2D eigenvalue weighted by Gasteiger charge is -2.05. The van der Waals surface area contributed by atoms with E-state index in [2.05, 4.69) is 20.5 Å². The molecule has 3 aromatic rings. The van der Waals surface area contributed by atoms with Gasteiger partial charge in [-0.1, -0.05) is 41.9 Å². The summed E-state index contributed by atoms with van der Waals surface area (Å²) in [5, 5.41) is 12.3. The third-order valence-corrected chi connectivity index (χ3v) is 4.38. The van der Waals surface area contributed by atoms with Crippen molar-refractivity contribution in [1.82, 2.24) is 15.2 Å². The summed E-state index contributed by atoms with van der Waals surface area (Å²) in [5.41, 5.74) is 2.26. The molecule has 0 fully saturated rings. The van der Waals surface area contributed by atoms with Gasteiger partial charge in [-0.2, -0.15) is 5.10 Å². The van der Waals surface area contributed by atoms with Crippen LogP contribution in [0.4, 0.5) is 5.69 Å². The van der Waals surface area contributed by atoms with Crippen molar-refractivity contribution in [3.05, 3.63) is 63.0 Å². The van der Waals surface area contributed by atoms with Gasteiger partial charge in [-0.3, -0.25) is 4.79 Å². The molecule has 22 heavy (non-hydrogen) atoms. The summed E-state index contributed by atoms with van der Waals surface area (Å²) in [5.74, 6) is 0. The van der Waals surface area contributed by atoms with Crippen LogP contribution in [-0.2, 0) is 6.42 Å². The number of thiazole rings is 1. The predicted octanol–water partition coefficient (Wildman–Crippen LogP) is 3.20. The van der Waals surface area contributed by atoms with Crippen molar-refractivity contribution in [2.24, 2.45) is 0 Å². The molecule has 0 saturated carbocycles. The van der Waals surface area contributed by atoms with Crippen LogP contribution in [0.1, 0.15) is 5.69 Å². The van der Waals surface area contributed by atoms with Gasteiger partial charge in [-0.05, 0) is 0 Å². The van der Waals surface area contributed by atoms with Crippen LogP contribution < -0.4 is 10.9 Å². The zero-order chi connectivity index (χ0) is 15.4. The first-order valence-corrected chi connectivity index (χ1v) is 7.96. The monoisotopic (exact) mass is 332 g/mol. The number of halogens is 1. The van der Waals surface area contributed by atoms with Gasteiger partial charge in [0.1, 0.15) is 10.0 Å². The van der Waals surface area contributed by atoms with Gasteiger partial charge in [-0.15, -0.1) is 11.3 Å². The molecule has 0 aliphatic carbocycles. The van der Waals surface area contributed by atoms with Crippen LogP contribution in [0.25, 0.3) is 10.6 Å². The normalized spacial score (nSPS) is 10.6. The topological polar surface area (TPSA) is 70.7 Å². The number of benzene rings is 1. The number of rotatable bonds is 5. The van der Waals surface area contributed by atoms with E-state index in [-0.39, 0.29) is 5.02 Å². The Balaban J connectivity index is 1.62. The van der Waals surface area contributed by atoms with Gasteiger partial charge in [-0.25, -0.2) is 10.1 Å². The first-order chi connectivity index (χ1) is 10.7. The van der Waals surface area contributed by atoms with Gasteiger partial charge in [0.25, 0.3) is 5.56 Å². The maximum absolute atomic E-state index is 11.3. The zero-order valence-electron chi connectivity index (χ0n) is 11.5. The molecule has 2 aromatic heterocycles. The molecule has 0 amide bonds. The Bertz CT molecular complexity index is 816. The number of hydrogen-bond acceptors (Lipinski definition) is 5. The Kier molecular flexibility index (Phi) is 4.50. The van der Waals surface area contributed by atoms with Crippen LogP contribution in [-0.4, -0.2) is 21.7 Å². The second kappa shape index (κ2) is 6.72. The molecule has 1 aromatic carbocycles. The second-order valence-corrected chi connectivity index (χ2v) is 5.85. The van der Waals surface area contributed by atoms with Gasteiger partial charge in [0, 0.05) is 23.9 Å². The lowest BCUT2D eigenvalue weighted by atomic mass is 10.2. The lowest BCUT2D eigenvalue weighted by molar-refractivity contribution is 0.954. The molecule has 0 atom stereocenters. The van der Waals surface area contributed by atoms with Crippen LogP contribution in [0.2, 0.25) is 5.02 Å². The average molecular weight is 333 g/mol. The van der Waals surface area contributed by atoms with E-state index in [1.54, 1.807) is 11.3 Å². The van der Waals surface area contributed by atoms with Crippen LogP contribution in [0.5, 0.6) is 0 Å². The minimum atomic E-state index is -0.397. The molecule has 2 heterocycles. The van der Waals surface area contributed by atoms with Crippen molar-refractivity contribution >= 4 is 28.6 Å². The molecule has 0 spiro atoms. The highest BCUT2D eigenvalue weighted by Gasteiger charge is 2.06. The number of nitrogens with zero attached hydrogens (tertiary/aromatic N) is 2. The summed E-state index contributed by atoms with van der Waals surface area (Å²) >= 11 is 7.52. The fourth-order valence-electron chi connectivity index (χ4n) is 1.97. The maximum Gasteiger partial charge on any atom is 0.285 e. The van der Waals surface area contributed by atoms with Crippen molar-refractivity contribution in [2.45, 2.75) is 6.42 Å². The number of hydrogen-bond donors (Lipinski definition) is 2. The molecule has 7 heteroatoms. The predicted molar refractivity (Wildman–Crippen MR) is 89.6 cm³/mol. The van der Waals surface area contributed by atoms with Gasteiger partial charge in [0.2, 0.25) is 0 Å². The van der Waals surface area contributed by atoms with Crippen molar-refractivity contribution < 1.29 is 0 Å². The number of aromatic amines is 1. The van der Waals surface area contributed by atoms with Gasteiger partial charge >= 0.3 is 0 Å². The highest BCUT2D eigenvalue weighted by Crippen LogP contribution is 2.23. The molecule has 2 N–H and O–H groups in total. The number of H-pyrrole nitrogens is 1. The van der Waals surface area contributed by atoms with Crippen LogP contribution in [0.15, 0.2) is 46.7 Å². The fourth-order valence-corrected chi connectivity index (χ4v) is 2.99. The number of aromatic nitrogens is 3. The molecule has 0 aliphatic heterocycles. The minimum Gasteiger partial charge on any atom is -0.382 e. The Morgan fingerprint density at radius 2 is 2.09 bits per heavy atom. The third kappa shape index (κ3) is 3.35. The largest absolute Gasteiger partial charge is 0.382 e. The lowest BCUT2D eigenvalue weighted by Crippen LogP contribution is -2.13. The summed E-state index contributed by atoms with van der Waals surface area (Å²) < 4.78 is 0. The van der Waals surface area contributed by atoms with Crippen molar-refractivity contribution in [2.75, 3.05) is 11.9 Å². The fraction of sp³-hybridized carbons (Fsp3) is 0.133. The van der Waals surface area contributed by atoms with Crippen molar-refractivity contribution in [1.29, 1.82) is 0 Å². The highest BCUT2D eigenvalue weighted by atomic mass is 35.5. The van der Waals surface area contributed by atoms with Gasteiger partial charge in [0.05, 0.1) is 17.6 Å². The van der Waals surface area contributed by atoms with E-state index in [4.69, 9.17) is 11.6 Å². The van der Waals surface area contributed by atoms with Gasteiger partial charge < -0.3 is 5.32 Å². The van der Waals surface area contributed by atoms with E-state index in [9.17, 15) is 4.79 Å². The zero-order valence-corrected chi connectivity index (χ0v) is 13.1. The quantitative estimate of drug-likeness (QED) is 0.752. The molecule has 0 radical (unpaired) electrons. The SMILES string of the molecule is O=c1[nH]ncc(NCCc2csc(-c3ccccc3)n2)c1Cl. The van der Waals surface area contributed by atoms with Crippen molar-refractivity contribution in [3.8, 4) is 10.6 Å². The Labute approximate surface area is 136 Å². The maximum atomic E-state index is 11.3. The van der Waals surface area contributed by atoms with Crippen molar-refractivity contribution in [3.63, 3.8) is 0 Å². The second-order valence-electron chi connectivity index (χ2n) is 4.61. The highest BCUT2D eigenvalue weighted by molar-refractivity contribution is 7.13. The Morgan fingerprint density at radius 3 is 2.91 bits per heavy atom. The van der Waals surface area contributed by atoms with E-state index in [1.165, 1.54) is 6.20 Å². The summed E-state index contributed by atoms with van der Waals surface area (Å²) in [6.07, 6.45) is 2.24. The first kappa shape index (κ1) is 14.7. The summed E-state index contributed by atoms with van der Waals surface area (Å²) in [4.78, 5) is 15.9. The standard InChI is InChI=1S/C15H13ClN4OS/c16-13-12(8-18-20-14(13)21)17-7-6-11-9-22-15(19-11)10-4-2-1-3-5-10/h1-5,8-9H,6-7H2,(H2,17,20,21). The minimum absolute atomic E-state index is 0.123. The van der Waals surface area contributed by atoms with Crippen LogP contribution >= 0.6 is 22.9 Å². The third-order valence-electron chi connectivity index (χ3n) is 3.06.